The summed E-state index contributed by atoms with van der Waals surface area (Å²) < 4.78 is 0. The number of aryl methyl sites for hydroxylation is 2. The van der Waals surface area contributed by atoms with Crippen LogP contribution in [-0.4, -0.2) is 64.3 Å². The molecule has 1 aromatic carbocycles. The number of H-pyrrole nitrogens is 1. The fourth-order valence-electron chi connectivity index (χ4n) is 4.74. The van der Waals surface area contributed by atoms with Crippen LogP contribution in [0.25, 0.3) is 10.2 Å². The van der Waals surface area contributed by atoms with Gasteiger partial charge in [0.2, 0.25) is 11.8 Å². The Labute approximate surface area is 202 Å². The van der Waals surface area contributed by atoms with E-state index >= 15 is 0 Å². The molecule has 2 aliphatic heterocycles. The highest BCUT2D eigenvalue weighted by molar-refractivity contribution is 7.18. The molecule has 0 spiro atoms. The van der Waals surface area contributed by atoms with Crippen molar-refractivity contribution in [3.63, 3.8) is 0 Å². The number of nitrogens with zero attached hydrogens (tertiary/aromatic N) is 4. The van der Waals surface area contributed by atoms with Crippen LogP contribution < -0.4 is 10.5 Å². The van der Waals surface area contributed by atoms with Crippen LogP contribution in [0.3, 0.4) is 0 Å². The monoisotopic (exact) mass is 479 g/mol. The number of nitrogens with one attached hydrogen (secondary N) is 1. The number of hydrogen-bond acceptors (Lipinski definition) is 6. The zero-order chi connectivity index (χ0) is 23.8. The van der Waals surface area contributed by atoms with Gasteiger partial charge in [-0.1, -0.05) is 12.1 Å². The smallest absolute Gasteiger partial charge is 0.259 e. The molecule has 34 heavy (non-hydrogen) atoms. The van der Waals surface area contributed by atoms with Gasteiger partial charge in [-0.2, -0.15) is 0 Å². The highest BCUT2D eigenvalue weighted by Gasteiger charge is 2.24. The normalized spacial score (nSPS) is 17.2. The standard InChI is InChI=1S/C25H29N5O3S/c1-16-17(2)34-25-23(16)24(33)26-20(27-25)15-28-10-12-29(13-11-28)22(32)14-18-5-7-19(8-6-18)30-9-3-4-21(30)31/h5-8H,3-4,9-15H2,1-2H3,(H,26,27,33). The molecule has 0 saturated carbocycles. The van der Waals surface area contributed by atoms with Crippen molar-refractivity contribution < 1.29 is 9.59 Å². The Bertz CT molecular complexity index is 1290. The number of amides is 2. The Balaban J connectivity index is 1.15. The van der Waals surface area contributed by atoms with E-state index in [1.807, 2.05) is 47.9 Å². The lowest BCUT2D eigenvalue weighted by Gasteiger charge is -2.34. The van der Waals surface area contributed by atoms with Gasteiger partial charge in [0, 0.05) is 49.7 Å². The molecule has 0 bridgehead atoms. The lowest BCUT2D eigenvalue weighted by Crippen LogP contribution is -2.49. The molecule has 5 rings (SSSR count). The molecular weight excluding hydrogens is 450 g/mol. The second-order valence-corrected chi connectivity index (χ2v) is 10.3. The molecule has 1 N–H and O–H groups in total. The van der Waals surface area contributed by atoms with E-state index in [0.717, 1.165) is 52.6 Å². The number of aromatic amines is 1. The van der Waals surface area contributed by atoms with Gasteiger partial charge in [-0.15, -0.1) is 11.3 Å². The van der Waals surface area contributed by atoms with E-state index in [2.05, 4.69) is 14.9 Å². The van der Waals surface area contributed by atoms with E-state index in [9.17, 15) is 14.4 Å². The van der Waals surface area contributed by atoms with E-state index in [1.165, 1.54) is 0 Å². The maximum atomic E-state index is 12.8. The molecule has 2 aliphatic rings. The van der Waals surface area contributed by atoms with E-state index in [1.54, 1.807) is 11.3 Å². The summed E-state index contributed by atoms with van der Waals surface area (Å²) in [4.78, 5) is 52.7. The van der Waals surface area contributed by atoms with Gasteiger partial charge in [-0.05, 0) is 43.5 Å². The first-order chi connectivity index (χ1) is 16.4. The van der Waals surface area contributed by atoms with Crippen LogP contribution in [-0.2, 0) is 22.6 Å². The topological polar surface area (TPSA) is 89.6 Å². The number of anilines is 1. The fraction of sp³-hybridized carbons (Fsp3) is 0.440. The molecule has 2 aromatic heterocycles. The molecule has 0 aliphatic carbocycles. The fourth-order valence-corrected chi connectivity index (χ4v) is 5.79. The van der Waals surface area contributed by atoms with Crippen molar-refractivity contribution in [2.75, 3.05) is 37.6 Å². The number of hydrogen-bond donors (Lipinski definition) is 1. The Morgan fingerprint density at radius 1 is 1.06 bits per heavy atom. The van der Waals surface area contributed by atoms with E-state index in [-0.39, 0.29) is 17.4 Å². The first kappa shape index (κ1) is 22.7. The van der Waals surface area contributed by atoms with Crippen molar-refractivity contribution in [2.24, 2.45) is 0 Å². The SMILES string of the molecule is Cc1sc2nc(CN3CCN(C(=O)Cc4ccc(N5CCCC5=O)cc4)CC3)[nH]c(=O)c2c1C. The summed E-state index contributed by atoms with van der Waals surface area (Å²) in [6.45, 7) is 8.11. The van der Waals surface area contributed by atoms with Crippen LogP contribution in [0.1, 0.15) is 34.7 Å². The van der Waals surface area contributed by atoms with Crippen molar-refractivity contribution in [2.45, 2.75) is 39.7 Å². The minimum atomic E-state index is -0.0734. The van der Waals surface area contributed by atoms with Crippen LogP contribution in [0.2, 0.25) is 0 Å². The molecule has 2 amide bonds. The third kappa shape index (κ3) is 4.50. The van der Waals surface area contributed by atoms with Crippen molar-refractivity contribution in [3.05, 3.63) is 56.4 Å². The number of benzene rings is 1. The second-order valence-electron chi connectivity index (χ2n) is 9.13. The molecule has 4 heterocycles. The highest BCUT2D eigenvalue weighted by Crippen LogP contribution is 2.26. The maximum Gasteiger partial charge on any atom is 0.259 e. The second kappa shape index (κ2) is 9.31. The summed E-state index contributed by atoms with van der Waals surface area (Å²) in [6.07, 6.45) is 1.87. The highest BCUT2D eigenvalue weighted by atomic mass is 32.1. The summed E-state index contributed by atoms with van der Waals surface area (Å²) in [5.41, 5.74) is 2.80. The van der Waals surface area contributed by atoms with Crippen LogP contribution in [0.15, 0.2) is 29.1 Å². The number of aromatic nitrogens is 2. The van der Waals surface area contributed by atoms with Crippen molar-refractivity contribution in [3.8, 4) is 0 Å². The van der Waals surface area contributed by atoms with E-state index in [0.29, 0.717) is 43.7 Å². The van der Waals surface area contributed by atoms with Gasteiger partial charge in [0.05, 0.1) is 18.4 Å². The number of carbonyl (C=O) groups is 2. The van der Waals surface area contributed by atoms with E-state index in [4.69, 9.17) is 0 Å². The average molecular weight is 480 g/mol. The van der Waals surface area contributed by atoms with Crippen LogP contribution >= 0.6 is 11.3 Å². The maximum absolute atomic E-state index is 12.8. The predicted molar refractivity (Wildman–Crippen MR) is 133 cm³/mol. The number of fused-ring (bicyclic) bond motifs is 1. The quantitative estimate of drug-likeness (QED) is 0.608. The van der Waals surface area contributed by atoms with Crippen molar-refractivity contribution in [1.82, 2.24) is 19.8 Å². The van der Waals surface area contributed by atoms with Crippen LogP contribution in [0, 0.1) is 13.8 Å². The number of rotatable bonds is 5. The molecule has 2 fully saturated rings. The summed E-state index contributed by atoms with van der Waals surface area (Å²) >= 11 is 1.56. The predicted octanol–water partition coefficient (Wildman–Crippen LogP) is 2.62. The molecule has 3 aromatic rings. The van der Waals surface area contributed by atoms with Crippen LogP contribution in [0.5, 0.6) is 0 Å². The third-order valence-electron chi connectivity index (χ3n) is 6.86. The first-order valence-corrected chi connectivity index (χ1v) is 12.6. The molecule has 0 unspecified atom stereocenters. The van der Waals surface area contributed by atoms with Crippen molar-refractivity contribution in [1.29, 1.82) is 0 Å². The Morgan fingerprint density at radius 2 is 1.79 bits per heavy atom. The van der Waals surface area contributed by atoms with Gasteiger partial charge >= 0.3 is 0 Å². The van der Waals surface area contributed by atoms with Gasteiger partial charge in [-0.3, -0.25) is 19.3 Å². The molecule has 0 radical (unpaired) electrons. The number of carbonyl (C=O) groups excluding carboxylic acids is 2. The van der Waals surface area contributed by atoms with Gasteiger partial charge in [-0.25, -0.2) is 4.98 Å². The van der Waals surface area contributed by atoms with Gasteiger partial charge in [0.1, 0.15) is 10.7 Å². The summed E-state index contributed by atoms with van der Waals surface area (Å²) in [5, 5.41) is 0.696. The molecule has 2 saturated heterocycles. The Kier molecular flexibility index (Phi) is 6.22. The molecular formula is C25H29N5O3S. The zero-order valence-corrected chi connectivity index (χ0v) is 20.4. The van der Waals surface area contributed by atoms with Gasteiger partial charge in [0.25, 0.3) is 5.56 Å². The van der Waals surface area contributed by atoms with Gasteiger partial charge in [0.15, 0.2) is 0 Å². The zero-order valence-electron chi connectivity index (χ0n) is 19.6. The molecule has 0 atom stereocenters. The lowest BCUT2D eigenvalue weighted by atomic mass is 10.1. The summed E-state index contributed by atoms with van der Waals surface area (Å²) in [6, 6.07) is 7.76. The number of thiophene rings is 1. The lowest BCUT2D eigenvalue weighted by molar-refractivity contribution is -0.132. The largest absolute Gasteiger partial charge is 0.340 e. The van der Waals surface area contributed by atoms with Gasteiger partial charge < -0.3 is 14.8 Å². The van der Waals surface area contributed by atoms with E-state index < -0.39 is 0 Å². The number of piperazine rings is 1. The minimum absolute atomic E-state index is 0.0734. The molecule has 9 heteroatoms. The molecule has 178 valence electrons. The Hall–Kier alpha value is -3.04. The first-order valence-electron chi connectivity index (χ1n) is 11.8. The minimum Gasteiger partial charge on any atom is -0.340 e. The Morgan fingerprint density at radius 3 is 2.47 bits per heavy atom. The average Bonchev–Trinajstić information content (AvgIpc) is 3.37. The summed E-state index contributed by atoms with van der Waals surface area (Å²) in [5.74, 6) is 0.957. The molecule has 8 nitrogen and oxygen atoms in total. The third-order valence-corrected chi connectivity index (χ3v) is 7.96. The van der Waals surface area contributed by atoms with Crippen molar-refractivity contribution >= 4 is 39.1 Å². The van der Waals surface area contributed by atoms with Crippen LogP contribution in [0.4, 0.5) is 5.69 Å². The summed E-state index contributed by atoms with van der Waals surface area (Å²) in [7, 11) is 0.